The van der Waals surface area contributed by atoms with Crippen LogP contribution in [0.1, 0.15) is 12.8 Å². The molecule has 2 atom stereocenters. The van der Waals surface area contributed by atoms with E-state index < -0.39 is 0 Å². The number of carbonyl (C=O) groups is 2. The summed E-state index contributed by atoms with van der Waals surface area (Å²) in [5, 5.41) is 8.72. The Morgan fingerprint density at radius 3 is 3.00 bits per heavy atom. The monoisotopic (exact) mass is 229 g/mol. The predicted molar refractivity (Wildman–Crippen MR) is 58.8 cm³/mol. The Hall–Kier alpha value is -0.750. The van der Waals surface area contributed by atoms with Gasteiger partial charge in [0.1, 0.15) is 6.04 Å². The summed E-state index contributed by atoms with van der Waals surface area (Å²) < 4.78 is 0. The number of carbonyl (C=O) groups excluding carboxylic acids is 2. The topological polar surface area (TPSA) is 70.2 Å². The summed E-state index contributed by atoms with van der Waals surface area (Å²) in [6, 6.07) is -0.127. The maximum atomic E-state index is 11.7. The van der Waals surface area contributed by atoms with Gasteiger partial charge in [-0.25, -0.2) is 0 Å². The molecule has 2 aliphatic heterocycles. The maximum Gasteiger partial charge on any atom is 0.279 e. The normalized spacial score (nSPS) is 31.1. The fraction of sp³-hybridized carbons (Fsp3) is 0.778. The first-order valence-corrected chi connectivity index (χ1v) is 6.18. The van der Waals surface area contributed by atoms with Gasteiger partial charge in [-0.05, 0) is 19.4 Å². The maximum absolute atomic E-state index is 11.7. The minimum Gasteiger partial charge on any atom is -0.350 e. The Kier molecular flexibility index (Phi) is 3.48. The van der Waals surface area contributed by atoms with Crippen LogP contribution in [-0.4, -0.2) is 42.1 Å². The van der Waals surface area contributed by atoms with E-state index in [1.807, 2.05) is 0 Å². The summed E-state index contributed by atoms with van der Waals surface area (Å²) in [6.45, 7) is 1.86. The lowest BCUT2D eigenvalue weighted by molar-refractivity contribution is -0.123. The van der Waals surface area contributed by atoms with Gasteiger partial charge >= 0.3 is 0 Å². The zero-order valence-electron chi connectivity index (χ0n) is 8.41. The molecule has 0 aromatic heterocycles. The van der Waals surface area contributed by atoms with Crippen LogP contribution in [0.4, 0.5) is 4.79 Å². The quantitative estimate of drug-likeness (QED) is 0.607. The van der Waals surface area contributed by atoms with Gasteiger partial charge in [0, 0.05) is 18.3 Å². The molecule has 0 unspecified atom stereocenters. The van der Waals surface area contributed by atoms with Crippen LogP contribution in [0.3, 0.4) is 0 Å². The Balaban J connectivity index is 1.78. The van der Waals surface area contributed by atoms with Crippen molar-refractivity contribution < 1.29 is 9.59 Å². The Morgan fingerprint density at radius 2 is 2.40 bits per heavy atom. The van der Waals surface area contributed by atoms with Gasteiger partial charge in [-0.2, -0.15) is 0 Å². The number of rotatable bonds is 2. The minimum absolute atomic E-state index is 0.0537. The molecule has 2 amide bonds. The van der Waals surface area contributed by atoms with Crippen LogP contribution < -0.4 is 16.0 Å². The first-order chi connectivity index (χ1) is 7.25. The van der Waals surface area contributed by atoms with E-state index in [1.54, 1.807) is 0 Å². The van der Waals surface area contributed by atoms with E-state index in [9.17, 15) is 9.59 Å². The van der Waals surface area contributed by atoms with Crippen LogP contribution in [0.5, 0.6) is 0 Å². The van der Waals surface area contributed by atoms with Gasteiger partial charge in [0.05, 0.1) is 0 Å². The largest absolute Gasteiger partial charge is 0.350 e. The molecule has 0 aromatic rings. The highest BCUT2D eigenvalue weighted by atomic mass is 32.2. The van der Waals surface area contributed by atoms with E-state index in [4.69, 9.17) is 0 Å². The van der Waals surface area contributed by atoms with Crippen LogP contribution in [-0.2, 0) is 4.79 Å². The first kappa shape index (κ1) is 10.8. The third-order valence-corrected chi connectivity index (χ3v) is 3.51. The highest BCUT2D eigenvalue weighted by molar-refractivity contribution is 8.14. The molecule has 2 rings (SSSR count). The van der Waals surface area contributed by atoms with Crippen LogP contribution in [0, 0.1) is 0 Å². The van der Waals surface area contributed by atoms with Crippen LogP contribution in [0.15, 0.2) is 0 Å². The summed E-state index contributed by atoms with van der Waals surface area (Å²) in [5.74, 6) is 0.493. The summed E-state index contributed by atoms with van der Waals surface area (Å²) >= 11 is 1.17. The average Bonchev–Trinajstić information content (AvgIpc) is 2.66. The number of hydrogen-bond acceptors (Lipinski definition) is 4. The van der Waals surface area contributed by atoms with Gasteiger partial charge in [0.15, 0.2) is 0 Å². The van der Waals surface area contributed by atoms with Crippen molar-refractivity contribution >= 4 is 22.9 Å². The zero-order valence-corrected chi connectivity index (χ0v) is 9.23. The van der Waals surface area contributed by atoms with E-state index in [1.165, 1.54) is 11.8 Å². The van der Waals surface area contributed by atoms with E-state index in [-0.39, 0.29) is 23.2 Å². The molecular weight excluding hydrogens is 214 g/mol. The molecule has 84 valence electrons. The van der Waals surface area contributed by atoms with Gasteiger partial charge in [-0.3, -0.25) is 9.59 Å². The molecule has 2 fully saturated rings. The molecule has 2 aliphatic rings. The Labute approximate surface area is 92.7 Å². The molecule has 2 heterocycles. The first-order valence-electron chi connectivity index (χ1n) is 5.20. The lowest BCUT2D eigenvalue weighted by atomic mass is 10.1. The van der Waals surface area contributed by atoms with Crippen molar-refractivity contribution in [2.24, 2.45) is 0 Å². The standard InChI is InChI=1S/C9H15N3O2S/c13-8(7-5-15-9(14)12-7)11-6-2-1-3-10-4-6/h6-7,10H,1-5H2,(H,11,13)(H,12,14)/t6-,7-/m0/s1. The average molecular weight is 229 g/mol. The SMILES string of the molecule is O=C1N[C@H](C(=O)N[C@H]2CCCNC2)CS1. The fourth-order valence-corrected chi connectivity index (χ4v) is 2.58. The summed E-state index contributed by atoms with van der Waals surface area (Å²) in [4.78, 5) is 22.6. The number of thioether (sulfide) groups is 1. The molecule has 6 heteroatoms. The number of piperidine rings is 1. The Bertz CT molecular complexity index is 266. The smallest absolute Gasteiger partial charge is 0.279 e. The Morgan fingerprint density at radius 1 is 1.53 bits per heavy atom. The number of amides is 2. The van der Waals surface area contributed by atoms with Gasteiger partial charge in [0.25, 0.3) is 5.24 Å². The molecule has 15 heavy (non-hydrogen) atoms. The van der Waals surface area contributed by atoms with Gasteiger partial charge in [0.2, 0.25) is 5.91 Å². The van der Waals surface area contributed by atoms with Crippen molar-refractivity contribution in [2.45, 2.75) is 24.9 Å². The van der Waals surface area contributed by atoms with E-state index in [0.29, 0.717) is 5.75 Å². The van der Waals surface area contributed by atoms with Gasteiger partial charge in [-0.15, -0.1) is 0 Å². The molecule has 0 aromatic carbocycles. The third kappa shape index (κ3) is 2.85. The lowest BCUT2D eigenvalue weighted by Gasteiger charge is -2.24. The van der Waals surface area contributed by atoms with Crippen molar-refractivity contribution in [1.82, 2.24) is 16.0 Å². The molecule has 5 nitrogen and oxygen atoms in total. The fourth-order valence-electron chi connectivity index (χ4n) is 1.80. The lowest BCUT2D eigenvalue weighted by Crippen LogP contribution is -2.51. The van der Waals surface area contributed by atoms with Crippen LogP contribution in [0.2, 0.25) is 0 Å². The van der Waals surface area contributed by atoms with Crippen molar-refractivity contribution in [2.75, 3.05) is 18.8 Å². The summed E-state index contributed by atoms with van der Waals surface area (Å²) in [6.07, 6.45) is 2.11. The second-order valence-electron chi connectivity index (χ2n) is 3.85. The summed E-state index contributed by atoms with van der Waals surface area (Å²) in [7, 11) is 0. The van der Waals surface area contributed by atoms with Crippen molar-refractivity contribution in [3.63, 3.8) is 0 Å². The second kappa shape index (κ2) is 4.85. The predicted octanol–water partition coefficient (Wildman–Crippen LogP) is -0.320. The summed E-state index contributed by atoms with van der Waals surface area (Å²) in [5.41, 5.74) is 0. The van der Waals surface area contributed by atoms with Crippen molar-refractivity contribution in [3.05, 3.63) is 0 Å². The van der Waals surface area contributed by atoms with Crippen LogP contribution in [0.25, 0.3) is 0 Å². The molecule has 0 aliphatic carbocycles. The molecular formula is C9H15N3O2S. The third-order valence-electron chi connectivity index (χ3n) is 2.63. The van der Waals surface area contributed by atoms with Gasteiger partial charge in [-0.1, -0.05) is 11.8 Å². The molecule has 0 radical (unpaired) electrons. The molecule has 2 saturated heterocycles. The molecule has 0 spiro atoms. The zero-order chi connectivity index (χ0) is 10.7. The second-order valence-corrected chi connectivity index (χ2v) is 4.84. The van der Waals surface area contributed by atoms with Crippen molar-refractivity contribution in [3.8, 4) is 0 Å². The number of nitrogens with one attached hydrogen (secondary N) is 3. The van der Waals surface area contributed by atoms with Gasteiger partial charge < -0.3 is 16.0 Å². The number of hydrogen-bond donors (Lipinski definition) is 3. The van der Waals surface area contributed by atoms with E-state index in [2.05, 4.69) is 16.0 Å². The highest BCUT2D eigenvalue weighted by Crippen LogP contribution is 2.13. The molecule has 0 bridgehead atoms. The molecule has 0 saturated carbocycles. The van der Waals surface area contributed by atoms with E-state index in [0.717, 1.165) is 25.9 Å². The van der Waals surface area contributed by atoms with E-state index >= 15 is 0 Å². The molecule has 3 N–H and O–H groups in total. The highest BCUT2D eigenvalue weighted by Gasteiger charge is 2.29. The minimum atomic E-state index is -0.343. The van der Waals surface area contributed by atoms with Crippen LogP contribution >= 0.6 is 11.8 Å². The van der Waals surface area contributed by atoms with Crippen molar-refractivity contribution in [1.29, 1.82) is 0 Å².